The lowest BCUT2D eigenvalue weighted by molar-refractivity contribution is 0.428. The monoisotopic (exact) mass is 240 g/mol. The first-order chi connectivity index (χ1) is 7.48. The first kappa shape index (κ1) is 11.4. The molecule has 16 heavy (non-hydrogen) atoms. The molecule has 1 fully saturated rings. The second kappa shape index (κ2) is 4.07. The summed E-state index contributed by atoms with van der Waals surface area (Å²) in [4.78, 5) is 2.54. The molecule has 0 bridgehead atoms. The molecule has 2 rings (SSSR count). The van der Waals surface area contributed by atoms with E-state index in [9.17, 15) is 8.42 Å². The van der Waals surface area contributed by atoms with Crippen LogP contribution < -0.4 is 10.2 Å². The van der Waals surface area contributed by atoms with Crippen molar-refractivity contribution in [3.63, 3.8) is 0 Å². The topological polar surface area (TPSA) is 49.4 Å². The van der Waals surface area contributed by atoms with E-state index in [2.05, 4.69) is 10.2 Å². The maximum atomic E-state index is 11.3. The van der Waals surface area contributed by atoms with Gasteiger partial charge in [-0.1, -0.05) is 0 Å². The Hall–Kier alpha value is -1.07. The highest BCUT2D eigenvalue weighted by Gasteiger charge is 2.21. The largest absolute Gasteiger partial charge is 0.369 e. The predicted octanol–water partition coefficient (Wildman–Crippen LogP) is 0.498. The first-order valence-electron chi connectivity index (χ1n) is 5.22. The lowest BCUT2D eigenvalue weighted by Gasteiger charge is -2.37. The Labute approximate surface area is 96.2 Å². The molecule has 0 atom stereocenters. The van der Waals surface area contributed by atoms with Crippen molar-refractivity contribution in [3.05, 3.63) is 24.3 Å². The minimum Gasteiger partial charge on any atom is -0.369 e. The van der Waals surface area contributed by atoms with Crippen molar-refractivity contribution in [2.75, 3.05) is 31.3 Å². The number of benzene rings is 1. The molecule has 0 aliphatic carbocycles. The molecular weight excluding hydrogens is 224 g/mol. The summed E-state index contributed by atoms with van der Waals surface area (Å²) in [5.74, 6) is 0. The van der Waals surface area contributed by atoms with Crippen LogP contribution in [0.5, 0.6) is 0 Å². The standard InChI is InChI=1S/C11H16N2O2S/c1-13(10-7-12-8-10)9-3-5-11(6-4-9)16(2,14)15/h3-6,10,12H,7-8H2,1-2H3. The van der Waals surface area contributed by atoms with Crippen molar-refractivity contribution >= 4 is 15.5 Å². The van der Waals surface area contributed by atoms with Gasteiger partial charge in [0.15, 0.2) is 9.84 Å². The number of anilines is 1. The summed E-state index contributed by atoms with van der Waals surface area (Å²) in [7, 11) is -1.06. The van der Waals surface area contributed by atoms with Crippen LogP contribution in [0.4, 0.5) is 5.69 Å². The molecule has 1 aliphatic heterocycles. The summed E-state index contributed by atoms with van der Waals surface area (Å²) in [6.07, 6.45) is 1.22. The van der Waals surface area contributed by atoms with Crippen molar-refractivity contribution < 1.29 is 8.42 Å². The van der Waals surface area contributed by atoms with Crippen molar-refractivity contribution in [3.8, 4) is 0 Å². The van der Waals surface area contributed by atoms with Crippen LogP contribution in [0, 0.1) is 0 Å². The number of hydrogen-bond donors (Lipinski definition) is 1. The van der Waals surface area contributed by atoms with E-state index in [0.29, 0.717) is 10.9 Å². The van der Waals surface area contributed by atoms with Gasteiger partial charge in [-0.05, 0) is 24.3 Å². The number of nitrogens with one attached hydrogen (secondary N) is 1. The molecule has 0 aromatic heterocycles. The summed E-state index contributed by atoms with van der Waals surface area (Å²) in [6.45, 7) is 1.98. The van der Waals surface area contributed by atoms with Gasteiger partial charge in [0.1, 0.15) is 0 Å². The van der Waals surface area contributed by atoms with E-state index >= 15 is 0 Å². The van der Waals surface area contributed by atoms with E-state index in [-0.39, 0.29) is 0 Å². The van der Waals surface area contributed by atoms with Gasteiger partial charge in [-0.2, -0.15) is 0 Å². The van der Waals surface area contributed by atoms with Crippen LogP contribution in [-0.2, 0) is 9.84 Å². The zero-order valence-corrected chi connectivity index (χ0v) is 10.3. The average molecular weight is 240 g/mol. The summed E-state index contributed by atoms with van der Waals surface area (Å²) in [6, 6.07) is 7.55. The maximum absolute atomic E-state index is 11.3. The molecule has 4 nitrogen and oxygen atoms in total. The van der Waals surface area contributed by atoms with Crippen LogP contribution in [0.25, 0.3) is 0 Å². The maximum Gasteiger partial charge on any atom is 0.175 e. The molecule has 0 spiro atoms. The van der Waals surface area contributed by atoms with Gasteiger partial charge in [0.25, 0.3) is 0 Å². The Bertz CT molecular complexity index is 463. The van der Waals surface area contributed by atoms with Gasteiger partial charge in [0.2, 0.25) is 0 Å². The fourth-order valence-electron chi connectivity index (χ4n) is 1.69. The smallest absolute Gasteiger partial charge is 0.175 e. The van der Waals surface area contributed by atoms with Gasteiger partial charge < -0.3 is 10.2 Å². The van der Waals surface area contributed by atoms with E-state index in [1.165, 1.54) is 6.26 Å². The molecule has 88 valence electrons. The number of rotatable bonds is 3. The summed E-state index contributed by atoms with van der Waals surface area (Å²) >= 11 is 0. The third-order valence-corrected chi connectivity index (χ3v) is 4.11. The van der Waals surface area contributed by atoms with Crippen molar-refractivity contribution in [1.29, 1.82) is 0 Å². The quantitative estimate of drug-likeness (QED) is 0.836. The van der Waals surface area contributed by atoms with Gasteiger partial charge >= 0.3 is 0 Å². The molecule has 1 heterocycles. The van der Waals surface area contributed by atoms with Gasteiger partial charge in [-0.3, -0.25) is 0 Å². The third-order valence-electron chi connectivity index (χ3n) is 2.98. The minimum atomic E-state index is -3.09. The normalized spacial score (nSPS) is 16.9. The predicted molar refractivity (Wildman–Crippen MR) is 64.6 cm³/mol. The van der Waals surface area contributed by atoms with E-state index < -0.39 is 9.84 Å². The van der Waals surface area contributed by atoms with Crippen LogP contribution in [0.2, 0.25) is 0 Å². The lowest BCUT2D eigenvalue weighted by atomic mass is 10.1. The van der Waals surface area contributed by atoms with E-state index in [1.807, 2.05) is 19.2 Å². The van der Waals surface area contributed by atoms with Crippen molar-refractivity contribution in [2.45, 2.75) is 10.9 Å². The second-order valence-electron chi connectivity index (χ2n) is 4.19. The SMILES string of the molecule is CN(c1ccc(S(C)(=O)=O)cc1)C1CNC1. The Morgan fingerprint density at radius 3 is 2.19 bits per heavy atom. The Morgan fingerprint density at radius 1 is 1.25 bits per heavy atom. The van der Waals surface area contributed by atoms with Crippen molar-refractivity contribution in [1.82, 2.24) is 5.32 Å². The Balaban J connectivity index is 2.18. The van der Waals surface area contributed by atoms with E-state index in [4.69, 9.17) is 0 Å². The van der Waals surface area contributed by atoms with Crippen molar-refractivity contribution in [2.24, 2.45) is 0 Å². The molecule has 5 heteroatoms. The molecule has 1 aromatic carbocycles. The van der Waals surface area contributed by atoms with Gasteiger partial charge in [0, 0.05) is 32.1 Å². The number of nitrogens with zero attached hydrogens (tertiary/aromatic N) is 1. The zero-order valence-electron chi connectivity index (χ0n) is 9.47. The second-order valence-corrected chi connectivity index (χ2v) is 6.20. The van der Waals surface area contributed by atoms with E-state index in [0.717, 1.165) is 18.8 Å². The molecule has 1 N–H and O–H groups in total. The highest BCUT2D eigenvalue weighted by Crippen LogP contribution is 2.19. The van der Waals surface area contributed by atoms with Crippen LogP contribution >= 0.6 is 0 Å². The number of likely N-dealkylation sites (N-methyl/N-ethyl adjacent to an activating group) is 1. The molecule has 1 aromatic rings. The highest BCUT2D eigenvalue weighted by molar-refractivity contribution is 7.90. The molecule has 0 radical (unpaired) electrons. The van der Waals surface area contributed by atoms with Crippen LogP contribution in [0.3, 0.4) is 0 Å². The van der Waals surface area contributed by atoms with Crippen LogP contribution in [0.1, 0.15) is 0 Å². The highest BCUT2D eigenvalue weighted by atomic mass is 32.2. The van der Waals surface area contributed by atoms with Gasteiger partial charge in [-0.15, -0.1) is 0 Å². The van der Waals surface area contributed by atoms with Gasteiger partial charge in [-0.25, -0.2) is 8.42 Å². The molecule has 0 unspecified atom stereocenters. The minimum absolute atomic E-state index is 0.372. The molecule has 1 saturated heterocycles. The summed E-state index contributed by atoms with van der Waals surface area (Å²) in [5, 5.41) is 3.21. The number of hydrogen-bond acceptors (Lipinski definition) is 4. The average Bonchev–Trinajstić information content (AvgIpc) is 2.14. The first-order valence-corrected chi connectivity index (χ1v) is 7.11. The summed E-state index contributed by atoms with van der Waals surface area (Å²) < 4.78 is 22.6. The molecule has 1 aliphatic rings. The molecular formula is C11H16N2O2S. The van der Waals surface area contributed by atoms with Crippen LogP contribution in [0.15, 0.2) is 29.2 Å². The van der Waals surface area contributed by atoms with Crippen LogP contribution in [-0.4, -0.2) is 40.9 Å². The molecule has 0 saturated carbocycles. The lowest BCUT2D eigenvalue weighted by Crippen LogP contribution is -2.56. The number of sulfone groups is 1. The molecule has 0 amide bonds. The third kappa shape index (κ3) is 2.20. The van der Waals surface area contributed by atoms with Gasteiger partial charge in [0.05, 0.1) is 10.9 Å². The Kier molecular flexibility index (Phi) is 2.90. The fraction of sp³-hybridized carbons (Fsp3) is 0.455. The van der Waals surface area contributed by atoms with E-state index in [1.54, 1.807) is 12.1 Å². The fourth-order valence-corrected chi connectivity index (χ4v) is 2.32. The summed E-state index contributed by atoms with van der Waals surface area (Å²) in [5.41, 5.74) is 1.05. The Morgan fingerprint density at radius 2 is 1.81 bits per heavy atom. The zero-order chi connectivity index (χ0) is 11.8.